The second-order valence-electron chi connectivity index (χ2n) is 6.44. The van der Waals surface area contributed by atoms with Crippen molar-refractivity contribution >= 4 is 11.3 Å². The van der Waals surface area contributed by atoms with Gasteiger partial charge in [-0.15, -0.1) is 11.3 Å². The van der Waals surface area contributed by atoms with Crippen LogP contribution in [-0.2, 0) is 0 Å². The van der Waals surface area contributed by atoms with Gasteiger partial charge in [0.1, 0.15) is 0 Å². The third-order valence-electron chi connectivity index (χ3n) is 5.03. The average molecular weight is 294 g/mol. The molecule has 1 nitrogen and oxygen atoms in total. The highest BCUT2D eigenvalue weighted by Crippen LogP contribution is 2.42. The Hall–Kier alpha value is -0.340. The Morgan fingerprint density at radius 3 is 2.60 bits per heavy atom. The SMILES string of the molecule is CCCNC(c1cc(C)c(C)s1)C1CCCCC1CC. The first-order valence-corrected chi connectivity index (χ1v) is 9.29. The molecule has 20 heavy (non-hydrogen) atoms. The first-order valence-electron chi connectivity index (χ1n) is 8.47. The molecule has 1 aliphatic carbocycles. The summed E-state index contributed by atoms with van der Waals surface area (Å²) < 4.78 is 0. The van der Waals surface area contributed by atoms with Gasteiger partial charge >= 0.3 is 0 Å². The molecule has 0 radical (unpaired) electrons. The fourth-order valence-corrected chi connectivity index (χ4v) is 4.89. The Morgan fingerprint density at radius 1 is 1.25 bits per heavy atom. The molecule has 0 aromatic carbocycles. The second-order valence-corrected chi connectivity index (χ2v) is 7.72. The van der Waals surface area contributed by atoms with Gasteiger partial charge in [-0.25, -0.2) is 0 Å². The van der Waals surface area contributed by atoms with Gasteiger partial charge in [-0.3, -0.25) is 0 Å². The van der Waals surface area contributed by atoms with E-state index in [4.69, 9.17) is 0 Å². The van der Waals surface area contributed by atoms with Crippen molar-refractivity contribution in [3.63, 3.8) is 0 Å². The molecule has 1 N–H and O–H groups in total. The minimum atomic E-state index is 0.595. The molecule has 0 bridgehead atoms. The Kier molecular flexibility index (Phi) is 6.10. The standard InChI is InChI=1S/C18H31NS/c1-5-11-19-18(17-12-13(3)14(4)20-17)16-10-8-7-9-15(16)6-2/h12,15-16,18-19H,5-11H2,1-4H3. The van der Waals surface area contributed by atoms with Crippen molar-refractivity contribution in [3.8, 4) is 0 Å². The molecule has 1 saturated carbocycles. The summed E-state index contributed by atoms with van der Waals surface area (Å²) in [5.41, 5.74) is 1.47. The molecule has 1 heterocycles. The maximum atomic E-state index is 3.87. The zero-order valence-corrected chi connectivity index (χ0v) is 14.5. The van der Waals surface area contributed by atoms with E-state index < -0.39 is 0 Å². The second kappa shape index (κ2) is 7.61. The number of hydrogen-bond acceptors (Lipinski definition) is 2. The summed E-state index contributed by atoms with van der Waals surface area (Å²) in [5, 5.41) is 3.87. The molecular weight excluding hydrogens is 262 g/mol. The minimum Gasteiger partial charge on any atom is -0.309 e. The van der Waals surface area contributed by atoms with Crippen LogP contribution in [-0.4, -0.2) is 6.54 Å². The molecule has 1 aliphatic rings. The van der Waals surface area contributed by atoms with E-state index in [0.29, 0.717) is 6.04 Å². The van der Waals surface area contributed by atoms with Gasteiger partial charge in [0.25, 0.3) is 0 Å². The van der Waals surface area contributed by atoms with Crippen LogP contribution >= 0.6 is 11.3 Å². The van der Waals surface area contributed by atoms with Crippen LogP contribution < -0.4 is 5.32 Å². The monoisotopic (exact) mass is 293 g/mol. The molecule has 0 aliphatic heterocycles. The molecule has 0 spiro atoms. The summed E-state index contributed by atoms with van der Waals surface area (Å²) in [4.78, 5) is 3.07. The number of rotatable bonds is 6. The quantitative estimate of drug-likeness (QED) is 0.717. The van der Waals surface area contributed by atoms with Crippen molar-refractivity contribution in [2.24, 2.45) is 11.8 Å². The highest BCUT2D eigenvalue weighted by Gasteiger charge is 2.32. The van der Waals surface area contributed by atoms with Crippen molar-refractivity contribution < 1.29 is 0 Å². The lowest BCUT2D eigenvalue weighted by Crippen LogP contribution is -2.34. The summed E-state index contributed by atoms with van der Waals surface area (Å²) in [5.74, 6) is 1.76. The molecule has 3 unspecified atom stereocenters. The molecule has 0 saturated heterocycles. The molecule has 2 rings (SSSR count). The Labute approximate surface area is 129 Å². The first-order chi connectivity index (χ1) is 9.67. The van der Waals surface area contributed by atoms with Crippen LogP contribution in [0.1, 0.15) is 73.7 Å². The largest absolute Gasteiger partial charge is 0.309 e. The number of aryl methyl sites for hydroxylation is 2. The fraction of sp³-hybridized carbons (Fsp3) is 0.778. The molecule has 1 aromatic rings. The maximum Gasteiger partial charge on any atom is 0.0446 e. The Morgan fingerprint density at radius 2 is 2.00 bits per heavy atom. The van der Waals surface area contributed by atoms with Crippen LogP contribution in [0.4, 0.5) is 0 Å². The van der Waals surface area contributed by atoms with Gasteiger partial charge in [0.15, 0.2) is 0 Å². The Balaban J connectivity index is 2.21. The lowest BCUT2D eigenvalue weighted by molar-refractivity contribution is 0.177. The molecule has 1 aromatic heterocycles. The molecule has 2 heteroatoms. The molecular formula is C18H31NS. The first kappa shape index (κ1) is 16.0. The van der Waals surface area contributed by atoms with Crippen molar-refractivity contribution in [1.29, 1.82) is 0 Å². The topological polar surface area (TPSA) is 12.0 Å². The minimum absolute atomic E-state index is 0.595. The van der Waals surface area contributed by atoms with E-state index >= 15 is 0 Å². The van der Waals surface area contributed by atoms with E-state index in [1.165, 1.54) is 49.0 Å². The summed E-state index contributed by atoms with van der Waals surface area (Å²) in [7, 11) is 0. The van der Waals surface area contributed by atoms with Gasteiger partial charge in [-0.1, -0.05) is 39.5 Å². The van der Waals surface area contributed by atoms with Gasteiger partial charge in [-0.2, -0.15) is 0 Å². The molecule has 114 valence electrons. The van der Waals surface area contributed by atoms with E-state index in [9.17, 15) is 0 Å². The third-order valence-corrected chi connectivity index (χ3v) is 6.26. The van der Waals surface area contributed by atoms with Gasteiger partial charge in [-0.05, 0) is 56.7 Å². The van der Waals surface area contributed by atoms with Crippen LogP contribution in [0, 0.1) is 25.7 Å². The number of thiophene rings is 1. The van der Waals surface area contributed by atoms with Crippen molar-refractivity contribution in [2.45, 2.75) is 72.3 Å². The van der Waals surface area contributed by atoms with Crippen molar-refractivity contribution in [1.82, 2.24) is 5.32 Å². The van der Waals surface area contributed by atoms with Gasteiger partial charge in [0.2, 0.25) is 0 Å². The predicted molar refractivity (Wildman–Crippen MR) is 90.6 cm³/mol. The number of hydrogen-bond donors (Lipinski definition) is 1. The average Bonchev–Trinajstić information content (AvgIpc) is 2.79. The molecule has 3 atom stereocenters. The predicted octanol–water partition coefficient (Wildman–Crippen LogP) is 5.62. The normalized spacial score (nSPS) is 24.8. The zero-order chi connectivity index (χ0) is 14.5. The highest BCUT2D eigenvalue weighted by molar-refractivity contribution is 7.12. The van der Waals surface area contributed by atoms with Crippen LogP contribution in [0.15, 0.2) is 6.07 Å². The van der Waals surface area contributed by atoms with Crippen LogP contribution in [0.5, 0.6) is 0 Å². The Bertz CT molecular complexity index is 390. The molecule has 1 fully saturated rings. The van der Waals surface area contributed by atoms with E-state index in [0.717, 1.165) is 18.4 Å². The van der Waals surface area contributed by atoms with Gasteiger partial charge in [0.05, 0.1) is 0 Å². The van der Waals surface area contributed by atoms with E-state index in [1.54, 1.807) is 4.88 Å². The summed E-state index contributed by atoms with van der Waals surface area (Å²) in [6, 6.07) is 3.03. The summed E-state index contributed by atoms with van der Waals surface area (Å²) in [6.45, 7) is 10.3. The van der Waals surface area contributed by atoms with Crippen molar-refractivity contribution in [3.05, 3.63) is 21.4 Å². The smallest absolute Gasteiger partial charge is 0.0446 e. The lowest BCUT2D eigenvalue weighted by Gasteiger charge is -2.37. The van der Waals surface area contributed by atoms with Gasteiger partial charge in [0, 0.05) is 15.8 Å². The summed E-state index contributed by atoms with van der Waals surface area (Å²) in [6.07, 6.45) is 8.29. The zero-order valence-electron chi connectivity index (χ0n) is 13.7. The van der Waals surface area contributed by atoms with E-state index in [1.807, 2.05) is 11.3 Å². The lowest BCUT2D eigenvalue weighted by atomic mass is 9.73. The highest BCUT2D eigenvalue weighted by atomic mass is 32.1. The van der Waals surface area contributed by atoms with Crippen LogP contribution in [0.2, 0.25) is 0 Å². The van der Waals surface area contributed by atoms with E-state index in [-0.39, 0.29) is 0 Å². The summed E-state index contributed by atoms with van der Waals surface area (Å²) >= 11 is 2.02. The fourth-order valence-electron chi connectivity index (χ4n) is 3.70. The number of nitrogens with one attached hydrogen (secondary N) is 1. The van der Waals surface area contributed by atoms with Crippen LogP contribution in [0.25, 0.3) is 0 Å². The van der Waals surface area contributed by atoms with Crippen LogP contribution in [0.3, 0.4) is 0 Å². The maximum absolute atomic E-state index is 3.87. The van der Waals surface area contributed by atoms with Gasteiger partial charge < -0.3 is 5.32 Å². The molecule has 0 amide bonds. The third kappa shape index (κ3) is 3.65. The van der Waals surface area contributed by atoms with E-state index in [2.05, 4.69) is 39.1 Å². The van der Waals surface area contributed by atoms with Crippen molar-refractivity contribution in [2.75, 3.05) is 6.54 Å².